The van der Waals surface area contributed by atoms with E-state index in [-0.39, 0.29) is 48.7 Å². The van der Waals surface area contributed by atoms with Crippen LogP contribution in [0.2, 0.25) is 0 Å². The zero-order chi connectivity index (χ0) is 16.8. The molecule has 1 aliphatic rings. The lowest BCUT2D eigenvalue weighted by Gasteiger charge is -2.30. The number of carbonyl (C=O) groups excluding carboxylic acids is 1. The van der Waals surface area contributed by atoms with Crippen molar-refractivity contribution in [3.8, 4) is 5.75 Å². The number of amides is 1. The summed E-state index contributed by atoms with van der Waals surface area (Å²) in [4.78, 5) is 14.7. The van der Waals surface area contributed by atoms with Crippen molar-refractivity contribution in [3.63, 3.8) is 0 Å². The molecule has 25 heavy (non-hydrogen) atoms. The quantitative estimate of drug-likeness (QED) is 0.749. The molecule has 7 heteroatoms. The summed E-state index contributed by atoms with van der Waals surface area (Å²) in [5.74, 6) is 0.699. The lowest BCUT2D eigenvalue weighted by Crippen LogP contribution is -2.42. The Morgan fingerprint density at radius 3 is 2.40 bits per heavy atom. The van der Waals surface area contributed by atoms with E-state index in [9.17, 15) is 4.79 Å². The smallest absolute Gasteiger partial charge is 0.224 e. The molecule has 0 aromatic heterocycles. The molecule has 0 saturated carbocycles. The molecule has 1 saturated heterocycles. The number of hydrogen-bond acceptors (Lipinski definition) is 4. The third kappa shape index (κ3) is 6.33. The molecule has 0 spiro atoms. The van der Waals surface area contributed by atoms with Gasteiger partial charge in [0, 0.05) is 24.1 Å². The van der Waals surface area contributed by atoms with Crippen LogP contribution in [0, 0.1) is 5.92 Å². The number of methoxy groups -OCH3 is 1. The topological polar surface area (TPSA) is 67.6 Å². The number of nitrogens with one attached hydrogen (secondary N) is 1. The molecule has 1 amide bonds. The summed E-state index contributed by atoms with van der Waals surface area (Å²) in [6.07, 6.45) is 2.41. The van der Waals surface area contributed by atoms with Gasteiger partial charge in [0.1, 0.15) is 5.75 Å². The molecule has 1 aromatic carbocycles. The monoisotopic (exact) mass is 391 g/mol. The van der Waals surface area contributed by atoms with Crippen LogP contribution in [-0.4, -0.2) is 43.6 Å². The van der Waals surface area contributed by atoms with E-state index in [1.165, 1.54) is 12.8 Å². The van der Waals surface area contributed by atoms with Crippen LogP contribution in [0.25, 0.3) is 0 Å². The van der Waals surface area contributed by atoms with Gasteiger partial charge in [-0.15, -0.1) is 24.8 Å². The van der Waals surface area contributed by atoms with Crippen LogP contribution >= 0.6 is 24.8 Å². The molecule has 2 rings (SSSR count). The molecule has 0 radical (unpaired) electrons. The first kappa shape index (κ1) is 24.0. The molecule has 1 aliphatic heterocycles. The minimum absolute atomic E-state index is 0. The van der Waals surface area contributed by atoms with Gasteiger partial charge in [-0.2, -0.15) is 0 Å². The van der Waals surface area contributed by atoms with E-state index >= 15 is 0 Å². The lowest BCUT2D eigenvalue weighted by atomic mass is 10.0. The van der Waals surface area contributed by atoms with Crippen molar-refractivity contribution < 1.29 is 9.53 Å². The second-order valence-corrected chi connectivity index (χ2v) is 6.39. The van der Waals surface area contributed by atoms with Gasteiger partial charge in [-0.25, -0.2) is 0 Å². The van der Waals surface area contributed by atoms with Crippen LogP contribution in [0.3, 0.4) is 0 Å². The highest BCUT2D eigenvalue weighted by Crippen LogP contribution is 2.31. The maximum Gasteiger partial charge on any atom is 0.224 e. The largest absolute Gasteiger partial charge is 0.496 e. The SMILES string of the molecule is COc1ccccc1C(CNC(=O)C(C)C(C)N)N1CCCC1.Cl.Cl. The molecule has 1 heterocycles. The Hall–Kier alpha value is -1.01. The Balaban J connectivity index is 0.00000288. The summed E-state index contributed by atoms with van der Waals surface area (Å²) < 4.78 is 5.52. The summed E-state index contributed by atoms with van der Waals surface area (Å²) in [5.41, 5.74) is 6.96. The molecule has 5 nitrogen and oxygen atoms in total. The highest BCUT2D eigenvalue weighted by molar-refractivity contribution is 5.85. The number of hydrogen-bond donors (Lipinski definition) is 2. The zero-order valence-corrected chi connectivity index (χ0v) is 16.9. The van der Waals surface area contributed by atoms with Crippen molar-refractivity contribution in [2.75, 3.05) is 26.7 Å². The van der Waals surface area contributed by atoms with Crippen molar-refractivity contribution in [1.82, 2.24) is 10.2 Å². The van der Waals surface area contributed by atoms with Crippen LogP contribution in [0.4, 0.5) is 0 Å². The Morgan fingerprint density at radius 2 is 1.84 bits per heavy atom. The number of nitrogens with two attached hydrogens (primary N) is 1. The maximum atomic E-state index is 12.2. The third-order valence-corrected chi connectivity index (χ3v) is 4.75. The van der Waals surface area contributed by atoms with Gasteiger partial charge in [0.05, 0.1) is 13.2 Å². The third-order valence-electron chi connectivity index (χ3n) is 4.75. The number of halogens is 2. The number of para-hydroxylation sites is 1. The average Bonchev–Trinajstić information content (AvgIpc) is 3.08. The van der Waals surface area contributed by atoms with Crippen molar-refractivity contribution in [1.29, 1.82) is 0 Å². The van der Waals surface area contributed by atoms with E-state index in [1.54, 1.807) is 7.11 Å². The standard InChI is InChI=1S/C18H29N3O2.2ClH/c1-13(14(2)19)18(22)20-12-16(21-10-6-7-11-21)15-8-4-5-9-17(15)23-3;;/h4-5,8-9,13-14,16H,6-7,10-12,19H2,1-3H3,(H,20,22);2*1H. The van der Waals surface area contributed by atoms with E-state index in [1.807, 2.05) is 32.0 Å². The fourth-order valence-corrected chi connectivity index (χ4v) is 3.03. The van der Waals surface area contributed by atoms with Crippen LogP contribution in [0.5, 0.6) is 5.75 Å². The molecule has 0 aliphatic carbocycles. The number of rotatable bonds is 7. The number of nitrogens with zero attached hydrogens (tertiary/aromatic N) is 1. The second kappa shape index (κ2) is 11.6. The molecular weight excluding hydrogens is 361 g/mol. The fourth-order valence-electron chi connectivity index (χ4n) is 3.03. The predicted molar refractivity (Wildman–Crippen MR) is 107 cm³/mol. The second-order valence-electron chi connectivity index (χ2n) is 6.39. The first-order chi connectivity index (χ1) is 11.0. The first-order valence-electron chi connectivity index (χ1n) is 8.45. The van der Waals surface area contributed by atoms with E-state index < -0.39 is 0 Å². The maximum absolute atomic E-state index is 12.2. The zero-order valence-electron chi connectivity index (χ0n) is 15.2. The fraction of sp³-hybridized carbons (Fsp3) is 0.611. The van der Waals surface area contributed by atoms with Gasteiger partial charge in [-0.3, -0.25) is 9.69 Å². The minimum Gasteiger partial charge on any atom is -0.496 e. The number of benzene rings is 1. The number of carbonyl (C=O) groups is 1. The van der Waals surface area contributed by atoms with Crippen molar-refractivity contribution in [3.05, 3.63) is 29.8 Å². The van der Waals surface area contributed by atoms with E-state index in [4.69, 9.17) is 10.5 Å². The number of ether oxygens (including phenoxy) is 1. The van der Waals surface area contributed by atoms with Gasteiger partial charge in [0.25, 0.3) is 0 Å². The summed E-state index contributed by atoms with van der Waals surface area (Å²) in [7, 11) is 1.69. The van der Waals surface area contributed by atoms with Gasteiger partial charge >= 0.3 is 0 Å². The Labute approximate surface area is 163 Å². The highest BCUT2D eigenvalue weighted by Gasteiger charge is 2.27. The van der Waals surface area contributed by atoms with E-state index in [2.05, 4.69) is 16.3 Å². The van der Waals surface area contributed by atoms with Crippen LogP contribution in [0.1, 0.15) is 38.3 Å². The molecule has 0 bridgehead atoms. The highest BCUT2D eigenvalue weighted by atomic mass is 35.5. The van der Waals surface area contributed by atoms with E-state index in [0.29, 0.717) is 6.54 Å². The Morgan fingerprint density at radius 1 is 1.24 bits per heavy atom. The lowest BCUT2D eigenvalue weighted by molar-refractivity contribution is -0.125. The Kier molecular flexibility index (Phi) is 11.1. The molecule has 3 atom stereocenters. The predicted octanol–water partition coefficient (Wildman–Crippen LogP) is 2.78. The first-order valence-corrected chi connectivity index (χ1v) is 8.45. The molecular formula is C18H31Cl2N3O2. The van der Waals surface area contributed by atoms with Crippen LogP contribution < -0.4 is 15.8 Å². The van der Waals surface area contributed by atoms with Crippen LogP contribution in [0.15, 0.2) is 24.3 Å². The molecule has 1 aromatic rings. The average molecular weight is 392 g/mol. The van der Waals surface area contributed by atoms with Crippen molar-refractivity contribution in [2.24, 2.45) is 11.7 Å². The van der Waals surface area contributed by atoms with Crippen molar-refractivity contribution >= 4 is 30.7 Å². The molecule has 3 unspecified atom stereocenters. The number of likely N-dealkylation sites (tertiary alicyclic amines) is 1. The van der Waals surface area contributed by atoms with E-state index in [0.717, 1.165) is 24.4 Å². The molecule has 3 N–H and O–H groups in total. The molecule has 144 valence electrons. The summed E-state index contributed by atoms with van der Waals surface area (Å²) in [6.45, 7) is 6.43. The summed E-state index contributed by atoms with van der Waals surface area (Å²) >= 11 is 0. The summed E-state index contributed by atoms with van der Waals surface area (Å²) in [5, 5.41) is 3.07. The summed E-state index contributed by atoms with van der Waals surface area (Å²) in [6, 6.07) is 8.05. The Bertz CT molecular complexity index is 523. The van der Waals surface area contributed by atoms with Gasteiger partial charge in [-0.05, 0) is 38.9 Å². The van der Waals surface area contributed by atoms with Gasteiger partial charge in [-0.1, -0.05) is 25.1 Å². The van der Waals surface area contributed by atoms with Gasteiger partial charge in [0.15, 0.2) is 0 Å². The van der Waals surface area contributed by atoms with Gasteiger partial charge < -0.3 is 15.8 Å². The van der Waals surface area contributed by atoms with Crippen molar-refractivity contribution in [2.45, 2.75) is 38.8 Å². The minimum atomic E-state index is -0.188. The molecule has 1 fully saturated rings. The normalized spacial score (nSPS) is 17.6. The van der Waals surface area contributed by atoms with Crippen LogP contribution in [-0.2, 0) is 4.79 Å². The van der Waals surface area contributed by atoms with Gasteiger partial charge in [0.2, 0.25) is 5.91 Å².